The molecule has 0 heterocycles. The molecule has 0 radical (unpaired) electrons. The fraction of sp³-hybridized carbons (Fsp3) is 0.545. The molecule has 2 N–H and O–H groups in total. The molecule has 220 valence electrons. The molecule has 0 fully saturated rings. The van der Waals surface area contributed by atoms with Crippen LogP contribution >= 0.6 is 0 Å². The Bertz CT molecular complexity index is 1130. The summed E-state index contributed by atoms with van der Waals surface area (Å²) in [4.78, 5) is 43.0. The third-order valence-corrected chi connectivity index (χ3v) is 6.98. The van der Waals surface area contributed by atoms with Crippen molar-refractivity contribution in [1.82, 2.24) is 10.2 Å². The zero-order valence-corrected chi connectivity index (χ0v) is 26.1. The van der Waals surface area contributed by atoms with E-state index in [-0.39, 0.29) is 23.8 Å². The maximum Gasteiger partial charge on any atom is 0.408 e. The summed E-state index contributed by atoms with van der Waals surface area (Å²) in [6, 6.07) is 11.7. The van der Waals surface area contributed by atoms with E-state index in [1.165, 1.54) is 0 Å². The van der Waals surface area contributed by atoms with Crippen LogP contribution in [0.2, 0.25) is 0 Å². The Morgan fingerprint density at radius 1 is 0.925 bits per heavy atom. The first-order valence-electron chi connectivity index (χ1n) is 14.5. The monoisotopic (exact) mass is 551 g/mol. The lowest BCUT2D eigenvalue weighted by molar-refractivity contribution is -0.143. The molecule has 3 atom stereocenters. The first-order chi connectivity index (χ1) is 18.7. The van der Waals surface area contributed by atoms with Crippen LogP contribution < -0.4 is 10.6 Å². The van der Waals surface area contributed by atoms with Crippen molar-refractivity contribution in [3.05, 3.63) is 64.7 Å². The van der Waals surface area contributed by atoms with E-state index in [1.807, 2.05) is 84.0 Å². The third-order valence-electron chi connectivity index (χ3n) is 6.98. The highest BCUT2D eigenvalue weighted by atomic mass is 16.6. The van der Waals surface area contributed by atoms with E-state index < -0.39 is 23.8 Å². The van der Waals surface area contributed by atoms with Gasteiger partial charge in [0, 0.05) is 11.7 Å². The van der Waals surface area contributed by atoms with Crippen molar-refractivity contribution < 1.29 is 19.1 Å². The largest absolute Gasteiger partial charge is 0.444 e. The maximum atomic E-state index is 14.4. The molecule has 0 aliphatic rings. The number of rotatable bonds is 11. The minimum Gasteiger partial charge on any atom is -0.444 e. The van der Waals surface area contributed by atoms with E-state index in [9.17, 15) is 14.4 Å². The first-order valence-corrected chi connectivity index (χ1v) is 14.5. The minimum absolute atomic E-state index is 0.119. The van der Waals surface area contributed by atoms with Crippen LogP contribution in [0.1, 0.15) is 96.5 Å². The molecule has 3 amide bonds. The average Bonchev–Trinajstić information content (AvgIpc) is 2.87. The number of amides is 3. The van der Waals surface area contributed by atoms with E-state index in [1.54, 1.807) is 25.7 Å². The molecular formula is C33H49N3O4. The van der Waals surface area contributed by atoms with Crippen molar-refractivity contribution in [2.24, 2.45) is 5.92 Å². The van der Waals surface area contributed by atoms with Gasteiger partial charge >= 0.3 is 6.09 Å². The van der Waals surface area contributed by atoms with Crippen molar-refractivity contribution in [3.63, 3.8) is 0 Å². The second-order valence-electron chi connectivity index (χ2n) is 12.1. The Kier molecular flexibility index (Phi) is 11.8. The third kappa shape index (κ3) is 9.10. The van der Waals surface area contributed by atoms with Gasteiger partial charge in [-0.1, -0.05) is 70.2 Å². The molecule has 7 nitrogen and oxygen atoms in total. The van der Waals surface area contributed by atoms with Crippen LogP contribution in [-0.4, -0.2) is 40.5 Å². The summed E-state index contributed by atoms with van der Waals surface area (Å²) >= 11 is 0. The van der Waals surface area contributed by atoms with E-state index in [4.69, 9.17) is 4.74 Å². The Hall–Kier alpha value is -3.35. The number of nitrogens with zero attached hydrogens (tertiary/aromatic N) is 1. The zero-order valence-electron chi connectivity index (χ0n) is 26.1. The molecule has 2 aromatic rings. The molecule has 0 aromatic heterocycles. The van der Waals surface area contributed by atoms with Gasteiger partial charge in [-0.05, 0) is 89.0 Å². The lowest BCUT2D eigenvalue weighted by atomic mass is 9.96. The van der Waals surface area contributed by atoms with Crippen LogP contribution in [-0.2, 0) is 20.7 Å². The number of anilines is 1. The van der Waals surface area contributed by atoms with Gasteiger partial charge in [0.2, 0.25) is 5.91 Å². The SMILES string of the molecule is CCc1ccc(C(C(=O)Nc2c(C)cccc2C)N(C(=O)C(CC(C)C)NC(=O)OC(C)(C)C)C(C)CC)cc1. The standard InChI is InChI=1S/C33H49N3O4/c1-11-24(7)36(31(38)27(20-21(3)4)34-32(39)40-33(8,9)10)29(26-18-16-25(12-2)17-19-26)30(37)35-28-22(5)14-13-15-23(28)6/h13-19,21,24,27,29H,11-12,20H2,1-10H3,(H,34,39)(H,35,37). The molecule has 0 spiro atoms. The van der Waals surface area contributed by atoms with Gasteiger partial charge in [0.25, 0.3) is 5.91 Å². The quantitative estimate of drug-likeness (QED) is 0.311. The number of carbonyl (C=O) groups excluding carboxylic acids is 3. The van der Waals surface area contributed by atoms with Crippen molar-refractivity contribution in [2.45, 2.75) is 112 Å². The fourth-order valence-electron chi connectivity index (χ4n) is 4.70. The smallest absolute Gasteiger partial charge is 0.408 e. The van der Waals surface area contributed by atoms with Gasteiger partial charge in [-0.15, -0.1) is 0 Å². The summed E-state index contributed by atoms with van der Waals surface area (Å²) in [6.07, 6.45) is 1.25. The highest BCUT2D eigenvalue weighted by molar-refractivity contribution is 6.00. The van der Waals surface area contributed by atoms with Gasteiger partial charge in [-0.25, -0.2) is 4.79 Å². The molecule has 2 rings (SSSR count). The predicted octanol–water partition coefficient (Wildman–Crippen LogP) is 7.11. The average molecular weight is 552 g/mol. The summed E-state index contributed by atoms with van der Waals surface area (Å²) < 4.78 is 5.49. The fourth-order valence-corrected chi connectivity index (χ4v) is 4.70. The Labute approximate surface area is 241 Å². The highest BCUT2D eigenvalue weighted by Crippen LogP contribution is 2.30. The summed E-state index contributed by atoms with van der Waals surface area (Å²) in [7, 11) is 0. The van der Waals surface area contributed by atoms with Crippen LogP contribution in [0.3, 0.4) is 0 Å². The topological polar surface area (TPSA) is 87.7 Å². The number of carbonyl (C=O) groups is 3. The molecule has 3 unspecified atom stereocenters. The highest BCUT2D eigenvalue weighted by Gasteiger charge is 2.39. The van der Waals surface area contributed by atoms with E-state index >= 15 is 0 Å². The molecule has 0 saturated carbocycles. The van der Waals surface area contributed by atoms with E-state index in [0.29, 0.717) is 12.8 Å². The van der Waals surface area contributed by atoms with Gasteiger partial charge in [-0.3, -0.25) is 9.59 Å². The van der Waals surface area contributed by atoms with Crippen LogP contribution in [0.5, 0.6) is 0 Å². The zero-order chi connectivity index (χ0) is 30.2. The molecule has 40 heavy (non-hydrogen) atoms. The molecule has 0 saturated heterocycles. The summed E-state index contributed by atoms with van der Waals surface area (Å²) in [5, 5.41) is 5.94. The van der Waals surface area contributed by atoms with E-state index in [2.05, 4.69) is 17.6 Å². The normalized spacial score (nSPS) is 13.8. The van der Waals surface area contributed by atoms with Crippen LogP contribution in [0.25, 0.3) is 0 Å². The maximum absolute atomic E-state index is 14.4. The van der Waals surface area contributed by atoms with Crippen molar-refractivity contribution >= 4 is 23.6 Å². The van der Waals surface area contributed by atoms with E-state index in [0.717, 1.165) is 34.4 Å². The number of hydrogen-bond donors (Lipinski definition) is 2. The van der Waals surface area contributed by atoms with Gasteiger partial charge in [0.15, 0.2) is 0 Å². The van der Waals surface area contributed by atoms with Gasteiger partial charge < -0.3 is 20.3 Å². The van der Waals surface area contributed by atoms with Crippen LogP contribution in [0.15, 0.2) is 42.5 Å². The molecule has 2 aromatic carbocycles. The number of alkyl carbamates (subject to hydrolysis) is 1. The lowest BCUT2D eigenvalue weighted by Gasteiger charge is -2.38. The van der Waals surface area contributed by atoms with Gasteiger partial charge in [0.1, 0.15) is 17.7 Å². The number of ether oxygens (including phenoxy) is 1. The number of nitrogens with one attached hydrogen (secondary N) is 2. The van der Waals surface area contributed by atoms with Crippen molar-refractivity contribution in [1.29, 1.82) is 0 Å². The summed E-state index contributed by atoms with van der Waals surface area (Å²) in [6.45, 7) is 19.3. The van der Waals surface area contributed by atoms with Crippen LogP contribution in [0.4, 0.5) is 10.5 Å². The minimum atomic E-state index is -0.900. The number of benzene rings is 2. The van der Waals surface area contributed by atoms with Gasteiger partial charge in [0.05, 0.1) is 0 Å². The van der Waals surface area contributed by atoms with Crippen molar-refractivity contribution in [3.8, 4) is 0 Å². The first kappa shape index (κ1) is 32.9. The Morgan fingerprint density at radius 3 is 1.98 bits per heavy atom. The lowest BCUT2D eigenvalue weighted by Crippen LogP contribution is -2.55. The molecule has 0 aliphatic carbocycles. The number of para-hydroxylation sites is 1. The molecule has 7 heteroatoms. The second kappa shape index (κ2) is 14.3. The predicted molar refractivity (Wildman–Crippen MR) is 162 cm³/mol. The molecule has 0 aliphatic heterocycles. The Balaban J connectivity index is 2.62. The number of aryl methyl sites for hydroxylation is 3. The second-order valence-corrected chi connectivity index (χ2v) is 12.1. The molecular weight excluding hydrogens is 502 g/mol. The Morgan fingerprint density at radius 2 is 1.50 bits per heavy atom. The summed E-state index contributed by atoms with van der Waals surface area (Å²) in [5.74, 6) is -0.487. The number of hydrogen-bond acceptors (Lipinski definition) is 4. The van der Waals surface area contributed by atoms with Gasteiger partial charge in [-0.2, -0.15) is 0 Å². The summed E-state index contributed by atoms with van der Waals surface area (Å²) in [5.41, 5.74) is 3.78. The van der Waals surface area contributed by atoms with Crippen molar-refractivity contribution in [2.75, 3.05) is 5.32 Å². The molecule has 0 bridgehead atoms. The van der Waals surface area contributed by atoms with Crippen LogP contribution in [0, 0.1) is 19.8 Å².